The third kappa shape index (κ3) is 5.43. The summed E-state index contributed by atoms with van der Waals surface area (Å²) in [6.07, 6.45) is 3.40. The zero-order chi connectivity index (χ0) is 13.4. The first-order valence-corrected chi connectivity index (χ1v) is 8.72. The summed E-state index contributed by atoms with van der Waals surface area (Å²) in [5.41, 5.74) is 0. The Balaban J connectivity index is 2.48. The first-order valence-electron chi connectivity index (χ1n) is 6.19. The number of aromatic nitrogens is 1. The zero-order valence-electron chi connectivity index (χ0n) is 10.8. The summed E-state index contributed by atoms with van der Waals surface area (Å²) in [4.78, 5) is 4.16. The summed E-state index contributed by atoms with van der Waals surface area (Å²) >= 11 is 1.47. The molecule has 7 heteroatoms. The molecule has 104 valence electrons. The predicted octanol–water partition coefficient (Wildman–Crippen LogP) is 1.51. The number of nitrogens with one attached hydrogen (secondary N) is 2. The van der Waals surface area contributed by atoms with Crippen molar-refractivity contribution in [2.45, 2.75) is 32.7 Å². The molecule has 0 amide bonds. The van der Waals surface area contributed by atoms with E-state index in [4.69, 9.17) is 0 Å². The molecule has 1 rings (SSSR count). The van der Waals surface area contributed by atoms with Crippen LogP contribution in [0.4, 0.5) is 0 Å². The summed E-state index contributed by atoms with van der Waals surface area (Å²) in [6, 6.07) is -0.207. The molecule has 0 aliphatic carbocycles. The Morgan fingerprint density at radius 2 is 2.17 bits per heavy atom. The summed E-state index contributed by atoms with van der Waals surface area (Å²) in [6.45, 7) is 5.33. The summed E-state index contributed by atoms with van der Waals surface area (Å²) < 4.78 is 26.5. The van der Waals surface area contributed by atoms with Crippen LogP contribution < -0.4 is 10.0 Å². The number of rotatable bonds is 9. The van der Waals surface area contributed by atoms with Gasteiger partial charge in [0.2, 0.25) is 10.0 Å². The predicted molar refractivity (Wildman–Crippen MR) is 75.2 cm³/mol. The molecule has 1 atom stereocenters. The number of sulfonamides is 1. The Morgan fingerprint density at radius 3 is 2.72 bits per heavy atom. The molecule has 0 aromatic carbocycles. The molecule has 5 nitrogen and oxygen atoms in total. The Labute approximate surface area is 113 Å². The molecule has 0 saturated heterocycles. The Morgan fingerprint density at radius 1 is 1.39 bits per heavy atom. The lowest BCUT2D eigenvalue weighted by Gasteiger charge is -2.14. The lowest BCUT2D eigenvalue weighted by atomic mass is 10.3. The summed E-state index contributed by atoms with van der Waals surface area (Å²) in [7, 11) is -3.25. The van der Waals surface area contributed by atoms with E-state index in [2.05, 4.69) is 21.9 Å². The first-order chi connectivity index (χ1) is 8.59. The smallest absolute Gasteiger partial charge is 0.213 e. The van der Waals surface area contributed by atoms with E-state index in [1.54, 1.807) is 6.20 Å². The molecular weight excluding hydrogens is 270 g/mol. The summed E-state index contributed by atoms with van der Waals surface area (Å²) in [5, 5.41) is 5.76. The van der Waals surface area contributed by atoms with Gasteiger partial charge in [0.05, 0.1) is 11.8 Å². The molecule has 0 fully saturated rings. The fourth-order valence-corrected chi connectivity index (χ4v) is 3.59. The van der Waals surface area contributed by atoms with Gasteiger partial charge in [0.15, 0.2) is 0 Å². The van der Waals surface area contributed by atoms with Gasteiger partial charge in [-0.05, 0) is 19.4 Å². The van der Waals surface area contributed by atoms with E-state index in [1.165, 1.54) is 11.3 Å². The molecule has 0 bridgehead atoms. The molecule has 1 unspecified atom stereocenters. The highest BCUT2D eigenvalue weighted by atomic mass is 32.2. The van der Waals surface area contributed by atoms with Gasteiger partial charge in [0, 0.05) is 18.1 Å². The molecule has 0 aliphatic rings. The largest absolute Gasteiger partial charge is 0.316 e. The first kappa shape index (κ1) is 15.6. The van der Waals surface area contributed by atoms with Gasteiger partial charge in [-0.25, -0.2) is 18.1 Å². The second-order valence-corrected chi connectivity index (χ2v) is 6.82. The van der Waals surface area contributed by atoms with Crippen LogP contribution in [0.1, 0.15) is 37.7 Å². The van der Waals surface area contributed by atoms with Gasteiger partial charge in [-0.15, -0.1) is 11.3 Å². The van der Waals surface area contributed by atoms with Crippen molar-refractivity contribution >= 4 is 21.4 Å². The van der Waals surface area contributed by atoms with E-state index >= 15 is 0 Å². The third-order valence-electron chi connectivity index (χ3n) is 2.45. The van der Waals surface area contributed by atoms with E-state index in [-0.39, 0.29) is 11.8 Å². The average molecular weight is 291 g/mol. The highest BCUT2D eigenvalue weighted by Crippen LogP contribution is 2.19. The fraction of sp³-hybridized carbons (Fsp3) is 0.727. The maximum Gasteiger partial charge on any atom is 0.213 e. The SMILES string of the molecule is CCCNCCS(=O)(=O)NC(CC)c1nccs1. The van der Waals surface area contributed by atoms with Crippen LogP contribution in [-0.2, 0) is 10.0 Å². The molecule has 1 aromatic heterocycles. The Bertz CT molecular complexity index is 418. The second kappa shape index (κ2) is 7.83. The molecule has 2 N–H and O–H groups in total. The van der Waals surface area contributed by atoms with Crippen molar-refractivity contribution in [3.8, 4) is 0 Å². The zero-order valence-corrected chi connectivity index (χ0v) is 12.5. The van der Waals surface area contributed by atoms with Gasteiger partial charge < -0.3 is 5.32 Å². The van der Waals surface area contributed by atoms with E-state index in [1.807, 2.05) is 12.3 Å². The minimum absolute atomic E-state index is 0.106. The van der Waals surface area contributed by atoms with Crippen LogP contribution in [0, 0.1) is 0 Å². The quantitative estimate of drug-likeness (QED) is 0.677. The molecule has 0 saturated carbocycles. The topological polar surface area (TPSA) is 71.1 Å². The van der Waals surface area contributed by atoms with E-state index in [9.17, 15) is 8.42 Å². The monoisotopic (exact) mass is 291 g/mol. The number of nitrogens with zero attached hydrogens (tertiary/aromatic N) is 1. The minimum atomic E-state index is -3.25. The molecule has 18 heavy (non-hydrogen) atoms. The van der Waals surface area contributed by atoms with Crippen molar-refractivity contribution in [3.05, 3.63) is 16.6 Å². The van der Waals surface area contributed by atoms with Gasteiger partial charge in [0.1, 0.15) is 5.01 Å². The van der Waals surface area contributed by atoms with Crippen LogP contribution in [0.15, 0.2) is 11.6 Å². The van der Waals surface area contributed by atoms with Crippen molar-refractivity contribution in [3.63, 3.8) is 0 Å². The van der Waals surface area contributed by atoms with Crippen molar-refractivity contribution in [2.75, 3.05) is 18.8 Å². The number of hydrogen-bond acceptors (Lipinski definition) is 5. The number of hydrogen-bond donors (Lipinski definition) is 2. The lowest BCUT2D eigenvalue weighted by Crippen LogP contribution is -2.34. The van der Waals surface area contributed by atoms with Crippen LogP contribution in [-0.4, -0.2) is 32.2 Å². The maximum absolute atomic E-state index is 11.9. The Kier molecular flexibility index (Phi) is 6.77. The maximum atomic E-state index is 11.9. The van der Waals surface area contributed by atoms with Crippen molar-refractivity contribution in [1.82, 2.24) is 15.0 Å². The molecule has 0 aliphatic heterocycles. The minimum Gasteiger partial charge on any atom is -0.316 e. The van der Waals surface area contributed by atoms with Crippen molar-refractivity contribution in [1.29, 1.82) is 0 Å². The molecule has 0 radical (unpaired) electrons. The van der Waals surface area contributed by atoms with Crippen LogP contribution in [0.2, 0.25) is 0 Å². The average Bonchev–Trinajstić information content (AvgIpc) is 2.85. The highest BCUT2D eigenvalue weighted by Gasteiger charge is 2.19. The van der Waals surface area contributed by atoms with Gasteiger partial charge in [0.25, 0.3) is 0 Å². The normalized spacial score (nSPS) is 13.7. The van der Waals surface area contributed by atoms with Crippen LogP contribution in [0.25, 0.3) is 0 Å². The Hall–Kier alpha value is -0.500. The standard InChI is InChI=1S/C11H21N3O2S2/c1-3-5-12-7-9-18(15,16)14-10(4-2)11-13-6-8-17-11/h6,8,10,12,14H,3-5,7,9H2,1-2H3. The van der Waals surface area contributed by atoms with Gasteiger partial charge in [-0.1, -0.05) is 13.8 Å². The third-order valence-corrected chi connectivity index (χ3v) is 4.73. The van der Waals surface area contributed by atoms with E-state index in [0.29, 0.717) is 13.0 Å². The van der Waals surface area contributed by atoms with Gasteiger partial charge in [-0.3, -0.25) is 0 Å². The second-order valence-electron chi connectivity index (χ2n) is 4.02. The van der Waals surface area contributed by atoms with E-state index < -0.39 is 10.0 Å². The molecular formula is C11H21N3O2S2. The molecule has 0 spiro atoms. The van der Waals surface area contributed by atoms with E-state index in [0.717, 1.165) is 18.0 Å². The van der Waals surface area contributed by atoms with Crippen molar-refractivity contribution < 1.29 is 8.42 Å². The van der Waals surface area contributed by atoms with Crippen LogP contribution in [0.3, 0.4) is 0 Å². The van der Waals surface area contributed by atoms with Gasteiger partial charge in [-0.2, -0.15) is 0 Å². The summed E-state index contributed by atoms with van der Waals surface area (Å²) in [5.74, 6) is 0.106. The number of thiazole rings is 1. The molecule has 1 heterocycles. The van der Waals surface area contributed by atoms with Crippen LogP contribution in [0.5, 0.6) is 0 Å². The molecule has 1 aromatic rings. The van der Waals surface area contributed by atoms with Gasteiger partial charge >= 0.3 is 0 Å². The van der Waals surface area contributed by atoms with Crippen LogP contribution >= 0.6 is 11.3 Å². The fourth-order valence-electron chi connectivity index (χ4n) is 1.50. The highest BCUT2D eigenvalue weighted by molar-refractivity contribution is 7.89. The van der Waals surface area contributed by atoms with Crippen molar-refractivity contribution in [2.24, 2.45) is 0 Å². The lowest BCUT2D eigenvalue weighted by molar-refractivity contribution is 0.545.